The molecule has 35 heavy (non-hydrogen) atoms. The van der Waals surface area contributed by atoms with Crippen LogP contribution in [0.2, 0.25) is 0 Å². The Morgan fingerprint density at radius 2 is 1.91 bits per heavy atom. The second-order valence-electron chi connectivity index (χ2n) is 8.30. The van der Waals surface area contributed by atoms with Gasteiger partial charge in [0.15, 0.2) is 5.82 Å². The van der Waals surface area contributed by atoms with Gasteiger partial charge in [0.25, 0.3) is 5.56 Å². The zero-order valence-corrected chi connectivity index (χ0v) is 19.9. The van der Waals surface area contributed by atoms with Crippen molar-refractivity contribution in [1.29, 1.82) is 0 Å². The van der Waals surface area contributed by atoms with E-state index < -0.39 is 0 Å². The standard InChI is InChI=1S/C26H21N7OS/c1-16(31-25-24-20(28-15-29-25)9-6-10-27-24)21-11-22-23(19(14-35-22)17-12-30-32(2)13-17)26(34)33(21)18-7-4-3-5-8-18/h3-16H,1-2H3,(H,28,29,31)/t16-/m0/s1. The molecular weight excluding hydrogens is 458 g/mol. The summed E-state index contributed by atoms with van der Waals surface area (Å²) in [6.45, 7) is 2.02. The highest BCUT2D eigenvalue weighted by Crippen LogP contribution is 2.34. The highest BCUT2D eigenvalue weighted by molar-refractivity contribution is 7.17. The van der Waals surface area contributed by atoms with Crippen molar-refractivity contribution in [1.82, 2.24) is 29.3 Å². The number of benzene rings is 1. The lowest BCUT2D eigenvalue weighted by atomic mass is 10.1. The van der Waals surface area contributed by atoms with Gasteiger partial charge in [-0.3, -0.25) is 19.0 Å². The summed E-state index contributed by atoms with van der Waals surface area (Å²) >= 11 is 1.56. The molecule has 0 aliphatic heterocycles. The summed E-state index contributed by atoms with van der Waals surface area (Å²) in [4.78, 5) is 27.2. The van der Waals surface area contributed by atoms with E-state index in [0.29, 0.717) is 16.7 Å². The molecule has 8 nitrogen and oxygen atoms in total. The lowest BCUT2D eigenvalue weighted by Gasteiger charge is -2.21. The largest absolute Gasteiger partial charge is 0.360 e. The molecule has 0 radical (unpaired) electrons. The molecule has 9 heteroatoms. The number of hydrogen-bond donors (Lipinski definition) is 1. The molecule has 0 saturated heterocycles. The molecule has 0 saturated carbocycles. The van der Waals surface area contributed by atoms with Gasteiger partial charge in [-0.05, 0) is 37.3 Å². The van der Waals surface area contributed by atoms with Crippen LogP contribution in [0, 0.1) is 0 Å². The molecule has 6 aromatic rings. The molecule has 1 N–H and O–H groups in total. The number of pyridine rings is 2. The van der Waals surface area contributed by atoms with E-state index in [9.17, 15) is 4.79 Å². The highest BCUT2D eigenvalue weighted by Gasteiger charge is 2.21. The van der Waals surface area contributed by atoms with Gasteiger partial charge in [-0.2, -0.15) is 5.10 Å². The van der Waals surface area contributed by atoms with E-state index in [0.717, 1.165) is 32.7 Å². The molecule has 0 aliphatic rings. The Balaban J connectivity index is 1.54. The van der Waals surface area contributed by atoms with Gasteiger partial charge in [-0.15, -0.1) is 11.3 Å². The van der Waals surface area contributed by atoms with E-state index in [-0.39, 0.29) is 11.6 Å². The van der Waals surface area contributed by atoms with Crippen molar-refractivity contribution in [3.8, 4) is 16.8 Å². The molecule has 5 aromatic heterocycles. The average Bonchev–Trinajstić information content (AvgIpc) is 3.51. The second-order valence-corrected chi connectivity index (χ2v) is 9.21. The number of hydrogen-bond acceptors (Lipinski definition) is 7. The fourth-order valence-electron chi connectivity index (χ4n) is 4.34. The average molecular weight is 480 g/mol. The topological polar surface area (TPSA) is 90.5 Å². The van der Waals surface area contributed by atoms with Crippen LogP contribution in [-0.4, -0.2) is 29.3 Å². The van der Waals surface area contributed by atoms with Crippen LogP contribution in [0.15, 0.2) is 83.6 Å². The smallest absolute Gasteiger partial charge is 0.264 e. The van der Waals surface area contributed by atoms with Gasteiger partial charge < -0.3 is 5.32 Å². The maximum Gasteiger partial charge on any atom is 0.264 e. The number of fused-ring (bicyclic) bond motifs is 2. The highest BCUT2D eigenvalue weighted by atomic mass is 32.1. The summed E-state index contributed by atoms with van der Waals surface area (Å²) in [5.41, 5.74) is 4.83. The first kappa shape index (κ1) is 21.2. The summed E-state index contributed by atoms with van der Waals surface area (Å²) in [7, 11) is 1.87. The molecule has 0 amide bonds. The maximum atomic E-state index is 14.1. The fraction of sp³-hybridized carbons (Fsp3) is 0.115. The Bertz CT molecular complexity index is 1730. The second kappa shape index (κ2) is 8.44. The molecule has 1 aromatic carbocycles. The van der Waals surface area contributed by atoms with Crippen molar-refractivity contribution >= 4 is 38.3 Å². The molecule has 0 spiro atoms. The lowest BCUT2D eigenvalue weighted by molar-refractivity contribution is 0.768. The molecule has 0 fully saturated rings. The minimum Gasteiger partial charge on any atom is -0.360 e. The molecule has 0 aliphatic carbocycles. The minimum absolute atomic E-state index is 0.0666. The van der Waals surface area contributed by atoms with Crippen LogP contribution in [0.3, 0.4) is 0 Å². The Morgan fingerprint density at radius 1 is 1.06 bits per heavy atom. The van der Waals surface area contributed by atoms with Gasteiger partial charge in [0, 0.05) is 52.0 Å². The Labute approximate surface area is 204 Å². The molecular formula is C26H21N7OS. The van der Waals surface area contributed by atoms with E-state index in [4.69, 9.17) is 0 Å². The summed E-state index contributed by atoms with van der Waals surface area (Å²) < 4.78 is 4.45. The first-order valence-corrected chi connectivity index (χ1v) is 12.0. The third-order valence-electron chi connectivity index (χ3n) is 6.00. The molecule has 1 atom stereocenters. The third kappa shape index (κ3) is 3.66. The van der Waals surface area contributed by atoms with Crippen LogP contribution < -0.4 is 10.9 Å². The van der Waals surface area contributed by atoms with Crippen LogP contribution in [0.4, 0.5) is 5.82 Å². The summed E-state index contributed by atoms with van der Waals surface area (Å²) in [6, 6.07) is 15.3. The number of aryl methyl sites for hydroxylation is 1. The van der Waals surface area contributed by atoms with Crippen LogP contribution in [-0.2, 0) is 7.05 Å². The van der Waals surface area contributed by atoms with Crippen LogP contribution in [0.5, 0.6) is 0 Å². The zero-order chi connectivity index (χ0) is 23.9. The van der Waals surface area contributed by atoms with Crippen molar-refractivity contribution < 1.29 is 0 Å². The number of rotatable bonds is 5. The molecule has 0 bridgehead atoms. The van der Waals surface area contributed by atoms with E-state index >= 15 is 0 Å². The summed E-state index contributed by atoms with van der Waals surface area (Å²) in [5, 5.41) is 10.5. The van der Waals surface area contributed by atoms with E-state index in [1.54, 1.807) is 33.0 Å². The maximum absolute atomic E-state index is 14.1. The fourth-order valence-corrected chi connectivity index (χ4v) is 5.34. The van der Waals surface area contributed by atoms with Crippen LogP contribution in [0.25, 0.3) is 37.9 Å². The van der Waals surface area contributed by atoms with Gasteiger partial charge in [0.1, 0.15) is 11.8 Å². The van der Waals surface area contributed by atoms with Crippen molar-refractivity contribution in [3.05, 3.63) is 94.9 Å². The number of anilines is 1. The predicted molar refractivity (Wildman–Crippen MR) is 139 cm³/mol. The van der Waals surface area contributed by atoms with Crippen molar-refractivity contribution in [3.63, 3.8) is 0 Å². The number of nitrogens with one attached hydrogen (secondary N) is 1. The Kier molecular flexibility index (Phi) is 5.11. The molecule has 5 heterocycles. The van der Waals surface area contributed by atoms with Crippen molar-refractivity contribution in [2.45, 2.75) is 13.0 Å². The van der Waals surface area contributed by atoms with Gasteiger partial charge in [0.05, 0.1) is 23.1 Å². The number of thiophene rings is 1. The van der Waals surface area contributed by atoms with Gasteiger partial charge >= 0.3 is 0 Å². The van der Waals surface area contributed by atoms with Crippen LogP contribution in [0.1, 0.15) is 18.7 Å². The first-order valence-electron chi connectivity index (χ1n) is 11.1. The molecule has 0 unspecified atom stereocenters. The quantitative estimate of drug-likeness (QED) is 0.376. The Morgan fingerprint density at radius 3 is 2.71 bits per heavy atom. The monoisotopic (exact) mass is 479 g/mol. The van der Waals surface area contributed by atoms with E-state index in [2.05, 4.69) is 31.4 Å². The van der Waals surface area contributed by atoms with Crippen molar-refractivity contribution in [2.75, 3.05) is 5.32 Å². The third-order valence-corrected chi connectivity index (χ3v) is 6.92. The normalized spacial score (nSPS) is 12.3. The summed E-state index contributed by atoms with van der Waals surface area (Å²) in [5.74, 6) is 0.623. The molecule has 172 valence electrons. The SMILES string of the molecule is C[C@H](Nc1ncnc2cccnc12)c1cc2scc(-c3cnn(C)c3)c2c(=O)n1-c1ccccc1. The van der Waals surface area contributed by atoms with Crippen molar-refractivity contribution in [2.24, 2.45) is 7.05 Å². The number of nitrogens with zero attached hydrogens (tertiary/aromatic N) is 6. The Hall–Kier alpha value is -4.37. The number of aromatic nitrogens is 6. The van der Waals surface area contributed by atoms with Gasteiger partial charge in [-0.1, -0.05) is 18.2 Å². The first-order chi connectivity index (χ1) is 17.1. The lowest BCUT2D eigenvalue weighted by Crippen LogP contribution is -2.25. The van der Waals surface area contributed by atoms with Gasteiger partial charge in [0.2, 0.25) is 0 Å². The van der Waals surface area contributed by atoms with Gasteiger partial charge in [-0.25, -0.2) is 9.97 Å². The predicted octanol–water partition coefficient (Wildman–Crippen LogP) is 4.96. The summed E-state index contributed by atoms with van der Waals surface area (Å²) in [6.07, 6.45) is 6.96. The zero-order valence-electron chi connectivity index (χ0n) is 19.1. The van der Waals surface area contributed by atoms with E-state index in [1.807, 2.05) is 68.0 Å². The molecule has 6 rings (SSSR count). The minimum atomic E-state index is -0.239. The number of para-hydroxylation sites is 1. The van der Waals surface area contributed by atoms with Crippen LogP contribution >= 0.6 is 11.3 Å². The van der Waals surface area contributed by atoms with E-state index in [1.165, 1.54) is 6.33 Å².